The van der Waals surface area contributed by atoms with Gasteiger partial charge in [-0.25, -0.2) is 18.4 Å². The van der Waals surface area contributed by atoms with Gasteiger partial charge in [-0.05, 0) is 63.0 Å². The van der Waals surface area contributed by atoms with Crippen molar-refractivity contribution in [3.8, 4) is 0 Å². The summed E-state index contributed by atoms with van der Waals surface area (Å²) in [6, 6.07) is 4.53. The number of anilines is 2. The van der Waals surface area contributed by atoms with E-state index in [9.17, 15) is 28.0 Å². The molecule has 1 amide bonds. The van der Waals surface area contributed by atoms with Crippen LogP contribution in [-0.4, -0.2) is 37.8 Å². The third-order valence-corrected chi connectivity index (χ3v) is 4.86. The van der Waals surface area contributed by atoms with Crippen molar-refractivity contribution in [2.75, 3.05) is 25.3 Å². The summed E-state index contributed by atoms with van der Waals surface area (Å²) in [5.41, 5.74) is 5.57. The maximum Gasteiger partial charge on any atom is 0.340 e. The number of benzene rings is 2. The van der Waals surface area contributed by atoms with Crippen LogP contribution in [0.15, 0.2) is 33.2 Å². The smallest absolute Gasteiger partial charge is 0.340 e. The zero-order valence-corrected chi connectivity index (χ0v) is 20.2. The van der Waals surface area contributed by atoms with Crippen molar-refractivity contribution < 1.29 is 37.4 Å². The Bertz CT molecular complexity index is 1060. The predicted molar refractivity (Wildman–Crippen MR) is 119 cm³/mol. The van der Waals surface area contributed by atoms with Crippen LogP contribution in [0, 0.1) is 11.6 Å². The van der Waals surface area contributed by atoms with E-state index in [1.54, 1.807) is 0 Å². The molecular weight excluding hydrogens is 562 g/mol. The van der Waals surface area contributed by atoms with Gasteiger partial charge in [0.1, 0.15) is 17.4 Å². The number of Topliss-reactive ketones (excluding diaryl/α,β-unsaturated/α-hetero) is 1. The van der Waals surface area contributed by atoms with E-state index >= 15 is 0 Å². The molecule has 0 saturated heterocycles. The van der Waals surface area contributed by atoms with Crippen molar-refractivity contribution >= 4 is 66.9 Å². The van der Waals surface area contributed by atoms with Crippen molar-refractivity contribution in [3.05, 3.63) is 56.0 Å². The van der Waals surface area contributed by atoms with Crippen molar-refractivity contribution in [3.63, 3.8) is 0 Å². The minimum absolute atomic E-state index is 0.00678. The Morgan fingerprint density at radius 2 is 1.38 bits per heavy atom. The van der Waals surface area contributed by atoms with Crippen LogP contribution >= 0.6 is 31.9 Å². The number of rotatable bonds is 5. The highest BCUT2D eigenvalue weighted by atomic mass is 79.9. The number of carbonyl (C=O) groups excluding carboxylic acids is 4. The minimum Gasteiger partial charge on any atom is -0.465 e. The summed E-state index contributed by atoms with van der Waals surface area (Å²) >= 11 is 5.87. The first-order valence-electron chi connectivity index (χ1n) is 8.60. The molecule has 0 aliphatic heterocycles. The first-order chi connectivity index (χ1) is 14.9. The number of nitrogens with one attached hydrogen (secondary N) is 1. The van der Waals surface area contributed by atoms with Gasteiger partial charge in [0.2, 0.25) is 5.91 Å². The lowest BCUT2D eigenvalue weighted by Gasteiger charge is -2.10. The molecule has 8 nitrogen and oxygen atoms in total. The maximum atomic E-state index is 13.4. The standard InChI is InChI=1S/C12H11BrFNO4.C8H7BrFNO2/c1-6(16)3-11(17)15-10-5-9(14)8(13)4-7(10)12(18)19-2;1-13-8(12)4-2-5(9)6(10)3-7(4)11/h4-5H,3H2,1-2H3,(H,15,17);2-3H,11H2,1H3. The number of nitrogens with two attached hydrogens (primary N) is 1. The Labute approximate surface area is 198 Å². The highest BCUT2D eigenvalue weighted by Crippen LogP contribution is 2.26. The Hall–Kier alpha value is -2.86. The molecule has 0 aliphatic carbocycles. The number of halogens is 4. The van der Waals surface area contributed by atoms with E-state index in [4.69, 9.17) is 5.73 Å². The van der Waals surface area contributed by atoms with Gasteiger partial charge < -0.3 is 20.5 Å². The van der Waals surface area contributed by atoms with Crippen LogP contribution in [0.25, 0.3) is 0 Å². The molecule has 0 heterocycles. The monoisotopic (exact) mass is 578 g/mol. The zero-order valence-electron chi connectivity index (χ0n) is 17.1. The van der Waals surface area contributed by atoms with Gasteiger partial charge in [0.25, 0.3) is 0 Å². The van der Waals surface area contributed by atoms with Crippen LogP contribution in [0.1, 0.15) is 34.1 Å². The number of amides is 1. The number of ketones is 1. The molecule has 0 fully saturated rings. The van der Waals surface area contributed by atoms with Crippen LogP contribution in [0.5, 0.6) is 0 Å². The first-order valence-corrected chi connectivity index (χ1v) is 10.2. The van der Waals surface area contributed by atoms with Gasteiger partial charge in [-0.1, -0.05) is 0 Å². The summed E-state index contributed by atoms with van der Waals surface area (Å²) in [5, 5.41) is 2.30. The van der Waals surface area contributed by atoms with Crippen LogP contribution < -0.4 is 11.1 Å². The lowest BCUT2D eigenvalue weighted by Crippen LogP contribution is -2.17. The summed E-state index contributed by atoms with van der Waals surface area (Å²) in [5.74, 6) is -3.43. The minimum atomic E-state index is -0.723. The Morgan fingerprint density at radius 3 is 1.88 bits per heavy atom. The van der Waals surface area contributed by atoms with E-state index in [0.29, 0.717) is 0 Å². The van der Waals surface area contributed by atoms with Crippen LogP contribution in [0.2, 0.25) is 0 Å². The number of carbonyl (C=O) groups is 4. The molecule has 0 unspecified atom stereocenters. The number of hydrogen-bond acceptors (Lipinski definition) is 7. The molecule has 0 atom stereocenters. The van der Waals surface area contributed by atoms with Crippen molar-refractivity contribution in [1.29, 1.82) is 0 Å². The van der Waals surface area contributed by atoms with Gasteiger partial charge in [0.05, 0.1) is 46.4 Å². The molecule has 2 aromatic rings. The largest absolute Gasteiger partial charge is 0.465 e. The highest BCUT2D eigenvalue weighted by Gasteiger charge is 2.18. The molecule has 3 N–H and O–H groups in total. The van der Waals surface area contributed by atoms with Gasteiger partial charge in [-0.2, -0.15) is 0 Å². The maximum absolute atomic E-state index is 13.4. The molecule has 0 saturated carbocycles. The fourth-order valence-electron chi connectivity index (χ4n) is 2.20. The fourth-order valence-corrected chi connectivity index (χ4v) is 2.89. The van der Waals surface area contributed by atoms with E-state index in [1.165, 1.54) is 33.3 Å². The first kappa shape index (κ1) is 27.2. The quantitative estimate of drug-likeness (QED) is 0.308. The molecule has 0 radical (unpaired) electrons. The second-order valence-corrected chi connectivity index (χ2v) is 7.78. The Balaban J connectivity index is 0.000000343. The molecule has 0 bridgehead atoms. The molecule has 2 rings (SSSR count). The predicted octanol–water partition coefficient (Wildman–Crippen LogP) is 4.25. The fraction of sp³-hybridized carbons (Fsp3) is 0.200. The molecule has 2 aromatic carbocycles. The van der Waals surface area contributed by atoms with E-state index in [0.717, 1.165) is 12.1 Å². The summed E-state index contributed by atoms with van der Waals surface area (Å²) < 4.78 is 35.5. The lowest BCUT2D eigenvalue weighted by atomic mass is 10.1. The van der Waals surface area contributed by atoms with Crippen LogP contribution in [-0.2, 0) is 19.1 Å². The molecule has 32 heavy (non-hydrogen) atoms. The second kappa shape index (κ2) is 12.2. The molecule has 0 aromatic heterocycles. The average Bonchev–Trinajstić information content (AvgIpc) is 2.71. The summed E-state index contributed by atoms with van der Waals surface area (Å²) in [7, 11) is 2.40. The highest BCUT2D eigenvalue weighted by molar-refractivity contribution is 9.10. The van der Waals surface area contributed by atoms with Gasteiger partial charge in [0, 0.05) is 5.69 Å². The second-order valence-electron chi connectivity index (χ2n) is 6.08. The van der Waals surface area contributed by atoms with E-state index < -0.39 is 29.5 Å². The normalized spacial score (nSPS) is 9.84. The number of nitrogen functional groups attached to an aromatic ring is 1. The van der Waals surface area contributed by atoms with Crippen molar-refractivity contribution in [1.82, 2.24) is 0 Å². The molecule has 172 valence electrons. The molecule has 12 heteroatoms. The SMILES string of the molecule is COC(=O)c1cc(Br)c(F)cc1N.COC(=O)c1cc(Br)c(F)cc1NC(=O)CC(C)=O. The topological polar surface area (TPSA) is 125 Å². The summed E-state index contributed by atoms with van der Waals surface area (Å²) in [4.78, 5) is 44.8. The molecule has 0 aliphatic rings. The third-order valence-electron chi connectivity index (χ3n) is 3.65. The van der Waals surface area contributed by atoms with Crippen molar-refractivity contribution in [2.45, 2.75) is 13.3 Å². The van der Waals surface area contributed by atoms with Crippen molar-refractivity contribution in [2.24, 2.45) is 0 Å². The molecular formula is C20H18Br2F2N2O6. The number of hydrogen-bond donors (Lipinski definition) is 2. The molecule has 0 spiro atoms. The third kappa shape index (κ3) is 7.68. The van der Waals surface area contributed by atoms with Crippen LogP contribution in [0.3, 0.4) is 0 Å². The average molecular weight is 580 g/mol. The summed E-state index contributed by atoms with van der Waals surface area (Å²) in [6.45, 7) is 1.25. The zero-order chi connectivity index (χ0) is 24.6. The van der Waals surface area contributed by atoms with E-state index in [2.05, 4.69) is 46.7 Å². The van der Waals surface area contributed by atoms with E-state index in [1.807, 2.05) is 0 Å². The summed E-state index contributed by atoms with van der Waals surface area (Å²) in [6.07, 6.45) is -0.349. The van der Waals surface area contributed by atoms with Gasteiger partial charge in [0.15, 0.2) is 0 Å². The number of esters is 2. The van der Waals surface area contributed by atoms with Gasteiger partial charge in [-0.15, -0.1) is 0 Å². The Kier molecular flexibility index (Phi) is 10.4. The Morgan fingerprint density at radius 1 is 0.906 bits per heavy atom. The van der Waals surface area contributed by atoms with E-state index in [-0.39, 0.29) is 43.7 Å². The number of methoxy groups -OCH3 is 2. The van der Waals surface area contributed by atoms with Gasteiger partial charge >= 0.3 is 11.9 Å². The number of ether oxygens (including phenoxy) is 2. The van der Waals surface area contributed by atoms with Gasteiger partial charge in [-0.3, -0.25) is 9.59 Å². The lowest BCUT2D eigenvalue weighted by molar-refractivity contribution is -0.124. The van der Waals surface area contributed by atoms with Crippen LogP contribution in [0.4, 0.5) is 20.2 Å².